The minimum Gasteiger partial charge on any atom is -0.492 e. The second-order valence-corrected chi connectivity index (χ2v) is 10.6. The number of nitrogens with one attached hydrogen (secondary N) is 1. The quantitative estimate of drug-likeness (QED) is 0.0771. The van der Waals surface area contributed by atoms with E-state index in [1.807, 2.05) is 6.92 Å². The highest BCUT2D eigenvalue weighted by molar-refractivity contribution is 6.23. The van der Waals surface area contributed by atoms with E-state index in [1.54, 1.807) is 6.92 Å². The standard InChI is InChI=1S/C32H55NO5/c1-5-7-9-10-11-12-13-14-15-16-17-18-19-20-22-27-31(36)29(26(3)30(35)32(27)37-4)33-24-21-23-28(34)38-25-8-6-2/h33H,5-25H2,1-4H3. The molecular formula is C32H55NO5. The Morgan fingerprint density at radius 3 is 1.76 bits per heavy atom. The van der Waals surface area contributed by atoms with Crippen molar-refractivity contribution in [2.45, 2.75) is 143 Å². The Bertz CT molecular complexity index is 768. The summed E-state index contributed by atoms with van der Waals surface area (Å²) in [4.78, 5) is 37.9. The van der Waals surface area contributed by atoms with Gasteiger partial charge in [0.25, 0.3) is 0 Å². The second kappa shape index (κ2) is 21.8. The predicted octanol–water partition coefficient (Wildman–Crippen LogP) is 7.90. The summed E-state index contributed by atoms with van der Waals surface area (Å²) in [5, 5.41) is 3.11. The van der Waals surface area contributed by atoms with E-state index in [9.17, 15) is 14.4 Å². The van der Waals surface area contributed by atoms with Crippen LogP contribution in [0, 0.1) is 0 Å². The Kier molecular flexibility index (Phi) is 19.4. The summed E-state index contributed by atoms with van der Waals surface area (Å²) in [6, 6.07) is 0. The Hall–Kier alpha value is -2.11. The number of hydrogen-bond acceptors (Lipinski definition) is 6. The fourth-order valence-corrected chi connectivity index (χ4v) is 4.85. The van der Waals surface area contributed by atoms with Crippen LogP contribution in [0.2, 0.25) is 0 Å². The summed E-state index contributed by atoms with van der Waals surface area (Å²) in [6.45, 7) is 6.85. The minimum atomic E-state index is -0.228. The van der Waals surface area contributed by atoms with Gasteiger partial charge in [-0.05, 0) is 32.6 Å². The van der Waals surface area contributed by atoms with Gasteiger partial charge in [0, 0.05) is 24.1 Å². The molecule has 0 saturated heterocycles. The van der Waals surface area contributed by atoms with Crippen LogP contribution in [-0.4, -0.2) is 37.8 Å². The Labute approximate surface area is 232 Å². The van der Waals surface area contributed by atoms with Crippen LogP contribution in [0.3, 0.4) is 0 Å². The first-order valence-corrected chi connectivity index (χ1v) is 15.4. The van der Waals surface area contributed by atoms with Gasteiger partial charge in [-0.2, -0.15) is 0 Å². The molecule has 0 unspecified atom stereocenters. The Balaban J connectivity index is 2.31. The van der Waals surface area contributed by atoms with Crippen LogP contribution in [-0.2, 0) is 23.9 Å². The number of unbranched alkanes of at least 4 members (excludes halogenated alkanes) is 14. The number of ketones is 2. The number of carbonyl (C=O) groups is 3. The zero-order valence-corrected chi connectivity index (χ0v) is 24.9. The molecule has 0 spiro atoms. The van der Waals surface area contributed by atoms with Crippen molar-refractivity contribution < 1.29 is 23.9 Å². The van der Waals surface area contributed by atoms with Crippen LogP contribution >= 0.6 is 0 Å². The minimum absolute atomic E-state index is 0.154. The van der Waals surface area contributed by atoms with Crippen molar-refractivity contribution in [3.8, 4) is 0 Å². The molecule has 1 N–H and O–H groups in total. The molecule has 1 aliphatic rings. The molecule has 218 valence electrons. The average molecular weight is 534 g/mol. The summed E-state index contributed by atoms with van der Waals surface area (Å²) < 4.78 is 10.5. The zero-order valence-electron chi connectivity index (χ0n) is 24.9. The van der Waals surface area contributed by atoms with Gasteiger partial charge in [-0.15, -0.1) is 0 Å². The summed E-state index contributed by atoms with van der Waals surface area (Å²) in [5.41, 5.74) is 1.20. The predicted molar refractivity (Wildman–Crippen MR) is 155 cm³/mol. The number of Topliss-reactive ketones (excluding diaryl/α,β-unsaturated/α-hetero) is 2. The Morgan fingerprint density at radius 1 is 0.711 bits per heavy atom. The third kappa shape index (κ3) is 13.6. The molecule has 6 nitrogen and oxygen atoms in total. The number of esters is 1. The zero-order chi connectivity index (χ0) is 28.0. The topological polar surface area (TPSA) is 81.7 Å². The second-order valence-electron chi connectivity index (χ2n) is 10.6. The molecule has 0 atom stereocenters. The average Bonchev–Trinajstić information content (AvgIpc) is 2.91. The van der Waals surface area contributed by atoms with E-state index in [-0.39, 0.29) is 29.7 Å². The first kappa shape index (κ1) is 33.9. The largest absolute Gasteiger partial charge is 0.492 e. The molecule has 0 fully saturated rings. The maximum Gasteiger partial charge on any atom is 0.305 e. The van der Waals surface area contributed by atoms with Gasteiger partial charge in [0.1, 0.15) is 0 Å². The van der Waals surface area contributed by atoms with E-state index in [1.165, 1.54) is 77.7 Å². The van der Waals surface area contributed by atoms with Crippen LogP contribution in [0.1, 0.15) is 143 Å². The van der Waals surface area contributed by atoms with Crippen molar-refractivity contribution in [3.63, 3.8) is 0 Å². The van der Waals surface area contributed by atoms with Gasteiger partial charge in [-0.25, -0.2) is 0 Å². The van der Waals surface area contributed by atoms with Gasteiger partial charge in [-0.1, -0.05) is 104 Å². The highest BCUT2D eigenvalue weighted by Crippen LogP contribution is 2.28. The van der Waals surface area contributed by atoms with Crippen LogP contribution in [0.25, 0.3) is 0 Å². The van der Waals surface area contributed by atoms with Gasteiger partial charge in [-0.3, -0.25) is 14.4 Å². The summed E-state index contributed by atoms with van der Waals surface area (Å²) in [7, 11) is 1.46. The van der Waals surface area contributed by atoms with Crippen molar-refractivity contribution >= 4 is 17.5 Å². The van der Waals surface area contributed by atoms with E-state index in [0.29, 0.717) is 42.8 Å². The normalized spacial score (nSPS) is 13.9. The van der Waals surface area contributed by atoms with Crippen molar-refractivity contribution in [2.75, 3.05) is 20.3 Å². The lowest BCUT2D eigenvalue weighted by Crippen LogP contribution is -2.32. The fourth-order valence-electron chi connectivity index (χ4n) is 4.85. The maximum atomic E-state index is 13.2. The third-order valence-electron chi connectivity index (χ3n) is 7.30. The van der Waals surface area contributed by atoms with Crippen LogP contribution in [0.4, 0.5) is 0 Å². The summed E-state index contributed by atoms with van der Waals surface area (Å²) >= 11 is 0. The monoisotopic (exact) mass is 533 g/mol. The van der Waals surface area contributed by atoms with E-state index >= 15 is 0 Å². The summed E-state index contributed by atoms with van der Waals surface area (Å²) in [6.07, 6.45) is 21.1. The Morgan fingerprint density at radius 2 is 1.24 bits per heavy atom. The molecule has 0 heterocycles. The molecule has 1 rings (SSSR count). The first-order valence-electron chi connectivity index (χ1n) is 15.4. The molecule has 0 aliphatic heterocycles. The van der Waals surface area contributed by atoms with E-state index in [2.05, 4.69) is 12.2 Å². The molecule has 0 amide bonds. The number of rotatable bonds is 24. The molecule has 6 heteroatoms. The number of hydrogen-bond donors (Lipinski definition) is 1. The molecule has 0 bridgehead atoms. The summed E-state index contributed by atoms with van der Waals surface area (Å²) in [5.74, 6) is -0.419. The van der Waals surface area contributed by atoms with Gasteiger partial charge in [0.05, 0.1) is 19.4 Å². The highest BCUT2D eigenvalue weighted by Gasteiger charge is 2.33. The number of ether oxygens (including phenoxy) is 2. The van der Waals surface area contributed by atoms with Gasteiger partial charge in [0.2, 0.25) is 11.6 Å². The molecule has 0 saturated carbocycles. The molecule has 0 aromatic rings. The van der Waals surface area contributed by atoms with Crippen molar-refractivity contribution in [1.29, 1.82) is 0 Å². The molecular weight excluding hydrogens is 478 g/mol. The lowest BCUT2D eigenvalue weighted by atomic mass is 9.89. The lowest BCUT2D eigenvalue weighted by Gasteiger charge is -2.22. The number of allylic oxidation sites excluding steroid dienone is 2. The smallest absolute Gasteiger partial charge is 0.305 e. The van der Waals surface area contributed by atoms with Crippen molar-refractivity contribution in [3.05, 3.63) is 22.6 Å². The van der Waals surface area contributed by atoms with Crippen LogP contribution < -0.4 is 5.32 Å². The van der Waals surface area contributed by atoms with Crippen LogP contribution in [0.5, 0.6) is 0 Å². The number of carbonyl (C=O) groups excluding carboxylic acids is 3. The van der Waals surface area contributed by atoms with Gasteiger partial charge >= 0.3 is 5.97 Å². The first-order chi connectivity index (χ1) is 18.5. The van der Waals surface area contributed by atoms with E-state index in [0.717, 1.165) is 32.1 Å². The van der Waals surface area contributed by atoms with E-state index < -0.39 is 0 Å². The van der Waals surface area contributed by atoms with Crippen LogP contribution in [0.15, 0.2) is 22.6 Å². The molecule has 0 aromatic carbocycles. The van der Waals surface area contributed by atoms with Gasteiger partial charge < -0.3 is 14.8 Å². The SMILES string of the molecule is CCCCCCCCCCCCCCCCC1=C(OC)C(=O)C(C)=C(NCCCC(=O)OCCCC)C1=O. The maximum absolute atomic E-state index is 13.2. The van der Waals surface area contributed by atoms with Gasteiger partial charge in [0.15, 0.2) is 5.76 Å². The number of methoxy groups -OCH3 is 1. The lowest BCUT2D eigenvalue weighted by molar-refractivity contribution is -0.143. The molecule has 38 heavy (non-hydrogen) atoms. The fraction of sp³-hybridized carbons (Fsp3) is 0.781. The molecule has 1 aliphatic carbocycles. The third-order valence-corrected chi connectivity index (χ3v) is 7.30. The molecule has 0 aromatic heterocycles. The molecule has 0 radical (unpaired) electrons. The highest BCUT2D eigenvalue weighted by atomic mass is 16.5. The van der Waals surface area contributed by atoms with E-state index in [4.69, 9.17) is 9.47 Å². The van der Waals surface area contributed by atoms with Crippen molar-refractivity contribution in [1.82, 2.24) is 5.32 Å². The van der Waals surface area contributed by atoms with Crippen molar-refractivity contribution in [2.24, 2.45) is 0 Å².